The molecule has 1 aliphatic heterocycles. The summed E-state index contributed by atoms with van der Waals surface area (Å²) in [5.74, 6) is 2.27. The Kier molecular flexibility index (Phi) is 8.69. The molecule has 3 atom stereocenters. The summed E-state index contributed by atoms with van der Waals surface area (Å²) < 4.78 is 0.988. The van der Waals surface area contributed by atoms with E-state index in [0.29, 0.717) is 54.4 Å². The van der Waals surface area contributed by atoms with Gasteiger partial charge < -0.3 is 20.1 Å². The van der Waals surface area contributed by atoms with Gasteiger partial charge >= 0.3 is 0 Å². The highest BCUT2D eigenvalue weighted by atomic mass is 32.2. The van der Waals surface area contributed by atoms with Gasteiger partial charge in [0.1, 0.15) is 5.69 Å². The molecule has 222 valence electrons. The molecule has 0 spiro atoms. The molecule has 1 aromatic carbocycles. The van der Waals surface area contributed by atoms with Crippen LogP contribution >= 0.6 is 23.1 Å². The molecule has 2 saturated carbocycles. The number of aromatic amines is 1. The van der Waals surface area contributed by atoms with Gasteiger partial charge in [0, 0.05) is 62.7 Å². The number of aromatic nitrogens is 2. The fourth-order valence-corrected chi connectivity index (χ4v) is 8.39. The normalized spacial score (nSPS) is 21.6. The molecule has 11 heteroatoms. The highest BCUT2D eigenvalue weighted by Gasteiger charge is 2.39. The van der Waals surface area contributed by atoms with Gasteiger partial charge in [0.05, 0.1) is 10.4 Å². The highest BCUT2D eigenvalue weighted by molar-refractivity contribution is 8.00. The van der Waals surface area contributed by atoms with Crippen molar-refractivity contribution in [2.24, 2.45) is 11.8 Å². The van der Waals surface area contributed by atoms with Crippen LogP contribution in [0, 0.1) is 18.8 Å². The average molecular weight is 607 g/mol. The number of amides is 3. The van der Waals surface area contributed by atoms with Crippen molar-refractivity contribution in [2.45, 2.75) is 62.1 Å². The van der Waals surface area contributed by atoms with E-state index >= 15 is 0 Å². The van der Waals surface area contributed by atoms with E-state index in [1.54, 1.807) is 29.8 Å². The van der Waals surface area contributed by atoms with E-state index in [9.17, 15) is 14.4 Å². The predicted molar refractivity (Wildman–Crippen MR) is 166 cm³/mol. The molecule has 9 nitrogen and oxygen atoms in total. The van der Waals surface area contributed by atoms with E-state index in [-0.39, 0.29) is 17.7 Å². The number of hydrogen-bond donors (Lipinski definition) is 3. The fourth-order valence-electron chi connectivity index (χ4n) is 6.59. The zero-order chi connectivity index (χ0) is 29.2. The number of benzene rings is 1. The van der Waals surface area contributed by atoms with E-state index in [4.69, 9.17) is 0 Å². The number of thioether (sulfide) groups is 1. The van der Waals surface area contributed by atoms with Crippen molar-refractivity contribution in [3.05, 3.63) is 64.6 Å². The topological polar surface area (TPSA) is 110 Å². The molecule has 3 aliphatic rings. The number of fused-ring (bicyclic) bond motifs is 2. The molecule has 3 N–H and O–H groups in total. The minimum absolute atomic E-state index is 0.00438. The molecule has 2 aromatic heterocycles. The van der Waals surface area contributed by atoms with E-state index < -0.39 is 0 Å². The number of thiazole rings is 1. The lowest BCUT2D eigenvalue weighted by atomic mass is 9.95. The molecule has 3 aromatic rings. The number of carbonyl (C=O) groups excluding carboxylic acids is 3. The summed E-state index contributed by atoms with van der Waals surface area (Å²) in [5, 5.41) is 7.16. The van der Waals surface area contributed by atoms with Crippen LogP contribution in [0.15, 0.2) is 40.7 Å². The van der Waals surface area contributed by atoms with Crippen molar-refractivity contribution < 1.29 is 14.4 Å². The lowest BCUT2D eigenvalue weighted by Gasteiger charge is -2.34. The third-order valence-electron chi connectivity index (χ3n) is 8.77. The summed E-state index contributed by atoms with van der Waals surface area (Å²) in [6.07, 6.45) is 7.18. The van der Waals surface area contributed by atoms with Crippen LogP contribution in [0.2, 0.25) is 0 Å². The predicted octanol–water partition coefficient (Wildman–Crippen LogP) is 4.91. The van der Waals surface area contributed by atoms with Gasteiger partial charge in [0.2, 0.25) is 5.91 Å². The Morgan fingerprint density at radius 1 is 1.07 bits per heavy atom. The van der Waals surface area contributed by atoms with Crippen LogP contribution in [0.25, 0.3) is 0 Å². The molecule has 3 amide bonds. The van der Waals surface area contributed by atoms with Crippen molar-refractivity contribution in [1.29, 1.82) is 0 Å². The van der Waals surface area contributed by atoms with Gasteiger partial charge in [-0.25, -0.2) is 4.98 Å². The maximum absolute atomic E-state index is 13.2. The maximum atomic E-state index is 13.2. The smallest absolute Gasteiger partial charge is 0.273 e. The summed E-state index contributed by atoms with van der Waals surface area (Å²) in [6, 6.07) is 10.4. The second-order valence-corrected chi connectivity index (χ2v) is 14.1. The third kappa shape index (κ3) is 6.74. The number of H-pyrrole nitrogens is 1. The van der Waals surface area contributed by atoms with Gasteiger partial charge in [0.15, 0.2) is 5.13 Å². The quantitative estimate of drug-likeness (QED) is 0.299. The zero-order valence-corrected chi connectivity index (χ0v) is 25.8. The Labute approximate surface area is 254 Å². The lowest BCUT2D eigenvalue weighted by Crippen LogP contribution is -2.50. The Balaban J connectivity index is 0.991. The Morgan fingerprint density at radius 3 is 2.62 bits per heavy atom. The molecule has 3 heterocycles. The van der Waals surface area contributed by atoms with Crippen molar-refractivity contribution in [3.63, 3.8) is 0 Å². The number of nitrogens with one attached hydrogen (secondary N) is 3. The summed E-state index contributed by atoms with van der Waals surface area (Å²) in [5.41, 5.74) is 4.32. The van der Waals surface area contributed by atoms with Gasteiger partial charge in [-0.2, -0.15) is 0 Å². The number of aryl methyl sites for hydroxylation is 1. The van der Waals surface area contributed by atoms with Crippen LogP contribution in [0.4, 0.5) is 5.13 Å². The van der Waals surface area contributed by atoms with Gasteiger partial charge in [-0.05, 0) is 67.9 Å². The molecule has 3 unspecified atom stereocenters. The summed E-state index contributed by atoms with van der Waals surface area (Å²) >= 11 is 3.07. The van der Waals surface area contributed by atoms with Crippen LogP contribution < -0.4 is 10.6 Å². The Morgan fingerprint density at radius 2 is 1.88 bits per heavy atom. The summed E-state index contributed by atoms with van der Waals surface area (Å²) in [7, 11) is 0. The van der Waals surface area contributed by atoms with Crippen molar-refractivity contribution in [3.8, 4) is 0 Å². The number of rotatable bonds is 9. The average Bonchev–Trinajstić information content (AvgIpc) is 3.80. The van der Waals surface area contributed by atoms with E-state index in [2.05, 4.69) is 26.7 Å². The number of nitrogens with zero attached hydrogens (tertiary/aromatic N) is 3. The molecule has 2 bridgehead atoms. The van der Waals surface area contributed by atoms with Gasteiger partial charge in [0.25, 0.3) is 11.8 Å². The molecular weight excluding hydrogens is 569 g/mol. The third-order valence-corrected chi connectivity index (χ3v) is 10.9. The van der Waals surface area contributed by atoms with Gasteiger partial charge in [-0.1, -0.05) is 29.4 Å². The van der Waals surface area contributed by atoms with Crippen molar-refractivity contribution in [1.82, 2.24) is 25.1 Å². The molecule has 2 aliphatic carbocycles. The lowest BCUT2D eigenvalue weighted by molar-refractivity contribution is -0.130. The maximum Gasteiger partial charge on any atom is 0.273 e. The van der Waals surface area contributed by atoms with Crippen LogP contribution in [0.3, 0.4) is 0 Å². The molecule has 1 saturated heterocycles. The second kappa shape index (κ2) is 12.6. The van der Waals surface area contributed by atoms with Crippen molar-refractivity contribution >= 4 is 46.0 Å². The minimum Gasteiger partial charge on any atom is -0.353 e. The van der Waals surface area contributed by atoms with Crippen LogP contribution in [0.1, 0.15) is 70.3 Å². The van der Waals surface area contributed by atoms with E-state index in [0.717, 1.165) is 39.4 Å². The monoisotopic (exact) mass is 606 g/mol. The van der Waals surface area contributed by atoms with E-state index in [1.165, 1.54) is 37.0 Å². The van der Waals surface area contributed by atoms with Crippen molar-refractivity contribution in [2.75, 3.05) is 31.5 Å². The largest absolute Gasteiger partial charge is 0.353 e. The minimum atomic E-state index is -0.196. The number of piperazine rings is 1. The molecule has 0 radical (unpaired) electrons. The standard InChI is InChI=1S/C31H38N6O3S2/c1-19-11-22(14-24(12-19)30(40)37-9-7-36(8-10-37)20(2)38)18-41-28-17-33-31(42-28)35-29(39)26-6-5-25(34-26)16-32-27-15-21-3-4-23(27)13-21/h5-6,11-12,14,17,21,23,27,32,34H,3-4,7-10,13,15-16,18H2,1-2H3,(H,33,35,39). The summed E-state index contributed by atoms with van der Waals surface area (Å²) in [6.45, 7) is 6.56. The molecule has 42 heavy (non-hydrogen) atoms. The van der Waals surface area contributed by atoms with Crippen LogP contribution in [0.5, 0.6) is 0 Å². The number of carbonyl (C=O) groups is 3. The van der Waals surface area contributed by atoms with Crippen LogP contribution in [-0.2, 0) is 17.1 Å². The first-order valence-electron chi connectivity index (χ1n) is 14.8. The molecular formula is C31H38N6O3S2. The highest BCUT2D eigenvalue weighted by Crippen LogP contribution is 2.44. The first-order chi connectivity index (χ1) is 20.3. The summed E-state index contributed by atoms with van der Waals surface area (Å²) in [4.78, 5) is 48.9. The molecule has 3 fully saturated rings. The van der Waals surface area contributed by atoms with E-state index in [1.807, 2.05) is 36.1 Å². The van der Waals surface area contributed by atoms with Gasteiger partial charge in [-0.3, -0.25) is 19.7 Å². The Bertz CT molecular complexity index is 1460. The molecule has 6 rings (SSSR count). The number of anilines is 1. The SMILES string of the molecule is CC(=O)N1CCN(C(=O)c2cc(C)cc(CSc3cnc(NC(=O)c4ccc(CNC5CC6CCC5C6)[nH]4)s3)c2)CC1. The zero-order valence-electron chi connectivity index (χ0n) is 24.2. The fraction of sp³-hybridized carbons (Fsp3) is 0.484. The first-order valence-corrected chi connectivity index (χ1v) is 16.6. The number of hydrogen-bond acceptors (Lipinski definition) is 7. The second-order valence-electron chi connectivity index (χ2n) is 11.8. The Hall–Kier alpha value is -3.15. The van der Waals surface area contributed by atoms with Gasteiger partial charge in [-0.15, -0.1) is 11.8 Å². The first kappa shape index (κ1) is 28.9. The van der Waals surface area contributed by atoms with Crippen LogP contribution in [-0.4, -0.2) is 69.7 Å².